The monoisotopic (exact) mass is 451 g/mol. The maximum Gasteiger partial charge on any atom is 0.191 e. The maximum absolute atomic E-state index is 5.82. The smallest absolute Gasteiger partial charge is 0.191 e. The van der Waals surface area contributed by atoms with Crippen LogP contribution in [0.15, 0.2) is 46.8 Å². The van der Waals surface area contributed by atoms with Crippen LogP contribution in [0.4, 0.5) is 0 Å². The summed E-state index contributed by atoms with van der Waals surface area (Å²) in [6.45, 7) is 2.00. The third kappa shape index (κ3) is 6.85. The first kappa shape index (κ1) is 19.1. The van der Waals surface area contributed by atoms with E-state index in [9.17, 15) is 0 Å². The Balaban J connectivity index is 0.00000242. The van der Waals surface area contributed by atoms with Crippen LogP contribution in [0.2, 0.25) is 5.02 Å². The van der Waals surface area contributed by atoms with Crippen molar-refractivity contribution in [2.24, 2.45) is 4.99 Å². The van der Waals surface area contributed by atoms with Gasteiger partial charge in [0, 0.05) is 16.9 Å². The minimum absolute atomic E-state index is 0. The molecular formula is C15H19ClIN3OS. The van der Waals surface area contributed by atoms with Crippen LogP contribution in [0, 0.1) is 0 Å². The summed E-state index contributed by atoms with van der Waals surface area (Å²) in [5.41, 5.74) is 0. The van der Waals surface area contributed by atoms with Gasteiger partial charge in [-0.15, -0.1) is 35.3 Å². The van der Waals surface area contributed by atoms with E-state index in [4.69, 9.17) is 16.3 Å². The Hall–Kier alpha value is -0.990. The average Bonchev–Trinajstić information content (AvgIpc) is 3.02. The standard InChI is InChI=1S/C15H18ClN3OS.HI/c1-17-15(19-11-14-3-2-10-21-14)18-8-9-20-13-6-4-12(16)5-7-13;/h2-7,10H,8-9,11H2,1H3,(H2,17,18,19);1H. The zero-order valence-electron chi connectivity index (χ0n) is 12.2. The summed E-state index contributed by atoms with van der Waals surface area (Å²) in [5.74, 6) is 1.57. The van der Waals surface area contributed by atoms with E-state index in [0.717, 1.165) is 18.3 Å². The van der Waals surface area contributed by atoms with Crippen molar-refractivity contribution >= 4 is 52.9 Å². The van der Waals surface area contributed by atoms with Gasteiger partial charge in [0.25, 0.3) is 0 Å². The molecule has 1 aromatic carbocycles. The Morgan fingerprint density at radius 1 is 1.23 bits per heavy atom. The number of ether oxygens (including phenoxy) is 1. The van der Waals surface area contributed by atoms with Crippen LogP contribution in [0.5, 0.6) is 5.75 Å². The lowest BCUT2D eigenvalue weighted by Gasteiger charge is -2.12. The van der Waals surface area contributed by atoms with Crippen LogP contribution in [0.25, 0.3) is 0 Å². The molecular weight excluding hydrogens is 433 g/mol. The predicted octanol–water partition coefficient (Wildman–Crippen LogP) is 3.76. The molecule has 1 aromatic heterocycles. The number of nitrogens with zero attached hydrogens (tertiary/aromatic N) is 1. The van der Waals surface area contributed by atoms with Gasteiger partial charge in [-0.1, -0.05) is 17.7 Å². The molecule has 0 aliphatic rings. The molecule has 0 unspecified atom stereocenters. The van der Waals surface area contributed by atoms with E-state index in [-0.39, 0.29) is 24.0 Å². The summed E-state index contributed by atoms with van der Waals surface area (Å²) >= 11 is 7.54. The van der Waals surface area contributed by atoms with Crippen molar-refractivity contribution in [2.75, 3.05) is 20.2 Å². The molecule has 0 bridgehead atoms. The molecule has 0 spiro atoms. The molecule has 2 N–H and O–H groups in total. The van der Waals surface area contributed by atoms with E-state index in [1.165, 1.54) is 4.88 Å². The number of nitrogens with one attached hydrogen (secondary N) is 2. The fourth-order valence-corrected chi connectivity index (χ4v) is 2.44. The average molecular weight is 452 g/mol. The van der Waals surface area contributed by atoms with E-state index >= 15 is 0 Å². The minimum Gasteiger partial charge on any atom is -0.492 e. The number of aliphatic imine (C=N–C) groups is 1. The second-order valence-corrected chi connectivity index (χ2v) is 5.70. The topological polar surface area (TPSA) is 45.7 Å². The molecule has 0 saturated heterocycles. The summed E-state index contributed by atoms with van der Waals surface area (Å²) in [7, 11) is 1.75. The van der Waals surface area contributed by atoms with Gasteiger partial charge in [0.2, 0.25) is 0 Å². The van der Waals surface area contributed by atoms with Crippen LogP contribution in [-0.4, -0.2) is 26.2 Å². The molecule has 0 fully saturated rings. The van der Waals surface area contributed by atoms with Crippen molar-refractivity contribution in [2.45, 2.75) is 6.54 Å². The lowest BCUT2D eigenvalue weighted by atomic mass is 10.3. The molecule has 2 aromatic rings. The Morgan fingerprint density at radius 3 is 2.64 bits per heavy atom. The molecule has 0 aliphatic heterocycles. The molecule has 22 heavy (non-hydrogen) atoms. The maximum atomic E-state index is 5.82. The van der Waals surface area contributed by atoms with Crippen molar-refractivity contribution in [1.29, 1.82) is 0 Å². The second kappa shape index (κ2) is 10.7. The third-order valence-corrected chi connectivity index (χ3v) is 3.84. The highest BCUT2D eigenvalue weighted by molar-refractivity contribution is 14.0. The highest BCUT2D eigenvalue weighted by Gasteiger charge is 1.99. The first-order valence-corrected chi connectivity index (χ1v) is 7.89. The number of halogens is 2. The van der Waals surface area contributed by atoms with Crippen molar-refractivity contribution < 1.29 is 4.74 Å². The van der Waals surface area contributed by atoms with E-state index in [1.54, 1.807) is 18.4 Å². The number of thiophene rings is 1. The Labute approximate surface area is 157 Å². The van der Waals surface area contributed by atoms with Crippen LogP contribution in [-0.2, 0) is 6.54 Å². The summed E-state index contributed by atoms with van der Waals surface area (Å²) in [6, 6.07) is 11.5. The van der Waals surface area contributed by atoms with E-state index < -0.39 is 0 Å². The van der Waals surface area contributed by atoms with Crippen LogP contribution in [0.3, 0.4) is 0 Å². The van der Waals surface area contributed by atoms with Gasteiger partial charge in [-0.25, -0.2) is 0 Å². The number of hydrogen-bond donors (Lipinski definition) is 2. The molecule has 0 amide bonds. The van der Waals surface area contributed by atoms with Gasteiger partial charge < -0.3 is 15.4 Å². The Bertz CT molecular complexity index is 561. The van der Waals surface area contributed by atoms with Crippen molar-refractivity contribution in [1.82, 2.24) is 10.6 Å². The number of guanidine groups is 1. The second-order valence-electron chi connectivity index (χ2n) is 4.23. The van der Waals surface area contributed by atoms with Gasteiger partial charge in [0.05, 0.1) is 13.1 Å². The zero-order valence-corrected chi connectivity index (χ0v) is 16.1. The van der Waals surface area contributed by atoms with Crippen LogP contribution >= 0.6 is 46.9 Å². The highest BCUT2D eigenvalue weighted by atomic mass is 127. The van der Waals surface area contributed by atoms with Crippen LogP contribution < -0.4 is 15.4 Å². The SMILES string of the molecule is CN=C(NCCOc1ccc(Cl)cc1)NCc1cccs1.I. The lowest BCUT2D eigenvalue weighted by Crippen LogP contribution is -2.38. The van der Waals surface area contributed by atoms with Crippen LogP contribution in [0.1, 0.15) is 4.88 Å². The molecule has 120 valence electrons. The zero-order chi connectivity index (χ0) is 14.9. The fraction of sp³-hybridized carbons (Fsp3) is 0.267. The van der Waals surface area contributed by atoms with E-state index in [2.05, 4.69) is 27.1 Å². The van der Waals surface area contributed by atoms with Gasteiger partial charge in [-0.3, -0.25) is 4.99 Å². The fourth-order valence-electron chi connectivity index (χ4n) is 1.67. The molecule has 1 heterocycles. The molecule has 0 radical (unpaired) electrons. The summed E-state index contributed by atoms with van der Waals surface area (Å²) in [5, 5.41) is 9.23. The lowest BCUT2D eigenvalue weighted by molar-refractivity contribution is 0.322. The van der Waals surface area contributed by atoms with Gasteiger partial charge >= 0.3 is 0 Å². The third-order valence-electron chi connectivity index (χ3n) is 2.71. The largest absolute Gasteiger partial charge is 0.492 e. The van der Waals surface area contributed by atoms with Gasteiger partial charge in [0.1, 0.15) is 12.4 Å². The molecule has 0 saturated carbocycles. The summed E-state index contributed by atoms with van der Waals surface area (Å²) < 4.78 is 5.60. The first-order valence-electron chi connectivity index (χ1n) is 6.63. The molecule has 2 rings (SSSR count). The van der Waals surface area contributed by atoms with E-state index in [1.807, 2.05) is 30.3 Å². The Morgan fingerprint density at radius 2 is 2.00 bits per heavy atom. The van der Waals surface area contributed by atoms with Gasteiger partial charge in [-0.2, -0.15) is 0 Å². The molecule has 4 nitrogen and oxygen atoms in total. The summed E-state index contributed by atoms with van der Waals surface area (Å²) in [6.07, 6.45) is 0. The molecule has 0 aliphatic carbocycles. The van der Waals surface area contributed by atoms with Crippen molar-refractivity contribution in [3.63, 3.8) is 0 Å². The van der Waals surface area contributed by atoms with Crippen molar-refractivity contribution in [3.8, 4) is 5.75 Å². The normalized spacial score (nSPS) is 10.7. The minimum atomic E-state index is 0. The van der Waals surface area contributed by atoms with Crippen molar-refractivity contribution in [3.05, 3.63) is 51.7 Å². The number of hydrogen-bond acceptors (Lipinski definition) is 3. The quantitative estimate of drug-likeness (QED) is 0.304. The molecule has 0 atom stereocenters. The molecule has 7 heteroatoms. The first-order chi connectivity index (χ1) is 10.3. The predicted molar refractivity (Wildman–Crippen MR) is 105 cm³/mol. The Kier molecular flexibility index (Phi) is 9.26. The van der Waals surface area contributed by atoms with E-state index in [0.29, 0.717) is 18.2 Å². The van der Waals surface area contributed by atoms with Gasteiger partial charge in [-0.05, 0) is 35.7 Å². The number of rotatable bonds is 6. The van der Waals surface area contributed by atoms with Gasteiger partial charge in [0.15, 0.2) is 5.96 Å². The number of benzene rings is 1. The highest BCUT2D eigenvalue weighted by Crippen LogP contribution is 2.15. The summed E-state index contributed by atoms with van der Waals surface area (Å²) in [4.78, 5) is 5.44.